The van der Waals surface area contributed by atoms with Crippen molar-refractivity contribution in [1.29, 1.82) is 0 Å². The minimum atomic E-state index is 0.281. The summed E-state index contributed by atoms with van der Waals surface area (Å²) in [4.78, 5) is 3.68. The molecule has 0 radical (unpaired) electrons. The number of aliphatic hydroxyl groups is 1. The second-order valence-electron chi connectivity index (χ2n) is 3.08. The van der Waals surface area contributed by atoms with Crippen molar-refractivity contribution in [2.24, 2.45) is 0 Å². The average molecular weight is 195 g/mol. The Morgan fingerprint density at radius 3 is 3.08 bits per heavy atom. The second-order valence-corrected chi connectivity index (χ2v) is 4.07. The van der Waals surface area contributed by atoms with Crippen LogP contribution in [0.2, 0.25) is 0 Å². The molecule has 0 aliphatic carbocycles. The van der Waals surface area contributed by atoms with Gasteiger partial charge >= 0.3 is 0 Å². The Balaban J connectivity index is 2.09. The zero-order valence-corrected chi connectivity index (χ0v) is 8.26. The number of hydrogen-bond acceptors (Lipinski definition) is 3. The molecule has 1 aliphatic heterocycles. The van der Waals surface area contributed by atoms with Crippen LogP contribution in [0, 0.1) is 0 Å². The highest BCUT2D eigenvalue weighted by Crippen LogP contribution is 2.37. The van der Waals surface area contributed by atoms with E-state index in [4.69, 9.17) is 5.11 Å². The SMILES string of the molecule is OCCCN1CSc2ccccc21. The van der Waals surface area contributed by atoms with Crippen molar-refractivity contribution in [3.05, 3.63) is 24.3 Å². The number of rotatable bonds is 3. The zero-order chi connectivity index (χ0) is 9.10. The summed E-state index contributed by atoms with van der Waals surface area (Å²) < 4.78 is 0. The van der Waals surface area contributed by atoms with Crippen LogP contribution in [0.25, 0.3) is 0 Å². The van der Waals surface area contributed by atoms with E-state index in [0.29, 0.717) is 0 Å². The van der Waals surface area contributed by atoms with Gasteiger partial charge in [0.1, 0.15) is 0 Å². The maximum atomic E-state index is 8.74. The van der Waals surface area contributed by atoms with Gasteiger partial charge in [-0.3, -0.25) is 0 Å². The van der Waals surface area contributed by atoms with Gasteiger partial charge in [-0.05, 0) is 18.6 Å². The smallest absolute Gasteiger partial charge is 0.0686 e. The third-order valence-corrected chi connectivity index (χ3v) is 3.26. The van der Waals surface area contributed by atoms with Gasteiger partial charge in [-0.2, -0.15) is 0 Å². The van der Waals surface area contributed by atoms with Gasteiger partial charge in [0.05, 0.1) is 11.6 Å². The first-order valence-electron chi connectivity index (χ1n) is 4.49. The number of anilines is 1. The lowest BCUT2D eigenvalue weighted by atomic mass is 10.3. The van der Waals surface area contributed by atoms with Crippen LogP contribution in [0.1, 0.15) is 6.42 Å². The molecule has 0 saturated carbocycles. The van der Waals surface area contributed by atoms with Crippen LogP contribution in [-0.4, -0.2) is 24.1 Å². The van der Waals surface area contributed by atoms with Gasteiger partial charge in [0, 0.05) is 18.0 Å². The fourth-order valence-electron chi connectivity index (χ4n) is 1.50. The molecule has 3 heteroatoms. The maximum absolute atomic E-state index is 8.74. The number of fused-ring (bicyclic) bond motifs is 1. The van der Waals surface area contributed by atoms with Crippen molar-refractivity contribution in [2.45, 2.75) is 11.3 Å². The Morgan fingerprint density at radius 1 is 1.38 bits per heavy atom. The van der Waals surface area contributed by atoms with E-state index in [-0.39, 0.29) is 6.61 Å². The normalized spacial score (nSPS) is 14.7. The number of hydrogen-bond donors (Lipinski definition) is 1. The molecule has 1 heterocycles. The van der Waals surface area contributed by atoms with Gasteiger partial charge in [0.2, 0.25) is 0 Å². The van der Waals surface area contributed by atoms with Gasteiger partial charge in [-0.25, -0.2) is 0 Å². The van der Waals surface area contributed by atoms with Gasteiger partial charge in [0.15, 0.2) is 0 Å². The fourth-order valence-corrected chi connectivity index (χ4v) is 2.59. The molecule has 0 spiro atoms. The first-order valence-corrected chi connectivity index (χ1v) is 5.48. The molecule has 1 N–H and O–H groups in total. The number of aliphatic hydroxyl groups excluding tert-OH is 1. The molecule has 1 aromatic carbocycles. The maximum Gasteiger partial charge on any atom is 0.0686 e. The molecule has 0 atom stereocenters. The lowest BCUT2D eigenvalue weighted by Crippen LogP contribution is -2.20. The van der Waals surface area contributed by atoms with Gasteiger partial charge in [-0.1, -0.05) is 12.1 Å². The second kappa shape index (κ2) is 4.03. The lowest BCUT2D eigenvalue weighted by molar-refractivity contribution is 0.290. The first-order chi connectivity index (χ1) is 6.42. The molecule has 0 aromatic heterocycles. The first kappa shape index (κ1) is 8.91. The van der Waals surface area contributed by atoms with E-state index in [1.54, 1.807) is 0 Å². The molecule has 0 amide bonds. The molecule has 1 aliphatic rings. The monoisotopic (exact) mass is 195 g/mol. The minimum absolute atomic E-state index is 0.281. The highest BCUT2D eigenvalue weighted by atomic mass is 32.2. The number of para-hydroxylation sites is 1. The van der Waals surface area contributed by atoms with Crippen molar-refractivity contribution in [3.8, 4) is 0 Å². The minimum Gasteiger partial charge on any atom is -0.396 e. The molecule has 2 rings (SSSR count). The van der Waals surface area contributed by atoms with Crippen molar-refractivity contribution < 1.29 is 5.11 Å². The van der Waals surface area contributed by atoms with E-state index in [2.05, 4.69) is 29.2 Å². The van der Waals surface area contributed by atoms with E-state index in [1.165, 1.54) is 10.6 Å². The van der Waals surface area contributed by atoms with Crippen molar-refractivity contribution >= 4 is 17.4 Å². The summed E-state index contributed by atoms with van der Waals surface area (Å²) in [6.07, 6.45) is 0.856. The van der Waals surface area contributed by atoms with Crippen molar-refractivity contribution in [3.63, 3.8) is 0 Å². The molecule has 0 saturated heterocycles. The quantitative estimate of drug-likeness (QED) is 0.797. The van der Waals surface area contributed by atoms with Crippen LogP contribution in [0.4, 0.5) is 5.69 Å². The Morgan fingerprint density at radius 2 is 2.23 bits per heavy atom. The van der Waals surface area contributed by atoms with Crippen molar-refractivity contribution in [1.82, 2.24) is 0 Å². The van der Waals surface area contributed by atoms with E-state index >= 15 is 0 Å². The van der Waals surface area contributed by atoms with Gasteiger partial charge < -0.3 is 10.0 Å². The van der Waals surface area contributed by atoms with Crippen molar-refractivity contribution in [2.75, 3.05) is 23.9 Å². The summed E-state index contributed by atoms with van der Waals surface area (Å²) in [7, 11) is 0. The third-order valence-electron chi connectivity index (χ3n) is 2.17. The Kier molecular flexibility index (Phi) is 2.76. The van der Waals surface area contributed by atoms with E-state index in [0.717, 1.165) is 18.8 Å². The predicted octanol–water partition coefficient (Wildman–Crippen LogP) is 1.94. The molecule has 1 aromatic rings. The highest BCUT2D eigenvalue weighted by Gasteiger charge is 2.17. The van der Waals surface area contributed by atoms with Crippen LogP contribution >= 0.6 is 11.8 Å². The number of benzene rings is 1. The Labute approximate surface area is 82.6 Å². The summed E-state index contributed by atoms with van der Waals surface area (Å²) in [5, 5.41) is 8.74. The van der Waals surface area contributed by atoms with Crippen LogP contribution in [0.3, 0.4) is 0 Å². The molecule has 0 fully saturated rings. The Bertz CT molecular complexity index is 290. The predicted molar refractivity (Wildman–Crippen MR) is 56.2 cm³/mol. The summed E-state index contributed by atoms with van der Waals surface area (Å²) in [5.74, 6) is 1.03. The summed E-state index contributed by atoms with van der Waals surface area (Å²) >= 11 is 1.87. The standard InChI is InChI=1S/C10H13NOS/c12-7-3-6-11-8-13-10-5-2-1-4-9(10)11/h1-2,4-5,12H,3,6-8H2. The van der Waals surface area contributed by atoms with Crippen LogP contribution < -0.4 is 4.90 Å². The number of thioether (sulfide) groups is 1. The largest absolute Gasteiger partial charge is 0.396 e. The Hall–Kier alpha value is -0.670. The molecule has 2 nitrogen and oxygen atoms in total. The molecule has 0 unspecified atom stereocenters. The lowest BCUT2D eigenvalue weighted by Gasteiger charge is -2.17. The summed E-state index contributed by atoms with van der Waals surface area (Å²) in [6, 6.07) is 8.43. The van der Waals surface area contributed by atoms with E-state index < -0.39 is 0 Å². The van der Waals surface area contributed by atoms with Gasteiger partial charge in [0.25, 0.3) is 0 Å². The van der Waals surface area contributed by atoms with Crippen LogP contribution in [0.15, 0.2) is 29.2 Å². The fraction of sp³-hybridized carbons (Fsp3) is 0.400. The number of nitrogens with zero attached hydrogens (tertiary/aromatic N) is 1. The van der Waals surface area contributed by atoms with Crippen LogP contribution in [-0.2, 0) is 0 Å². The highest BCUT2D eigenvalue weighted by molar-refractivity contribution is 7.99. The molecular weight excluding hydrogens is 182 g/mol. The van der Waals surface area contributed by atoms with Gasteiger partial charge in [-0.15, -0.1) is 11.8 Å². The molecule has 13 heavy (non-hydrogen) atoms. The molecule has 70 valence electrons. The van der Waals surface area contributed by atoms with E-state index in [9.17, 15) is 0 Å². The van der Waals surface area contributed by atoms with Crippen LogP contribution in [0.5, 0.6) is 0 Å². The zero-order valence-electron chi connectivity index (χ0n) is 7.44. The molecular formula is C10H13NOS. The summed E-state index contributed by atoms with van der Waals surface area (Å²) in [6.45, 7) is 1.24. The van der Waals surface area contributed by atoms with E-state index in [1.807, 2.05) is 11.8 Å². The summed E-state index contributed by atoms with van der Waals surface area (Å²) in [5.41, 5.74) is 1.32. The molecule has 0 bridgehead atoms. The average Bonchev–Trinajstić information content (AvgIpc) is 2.58. The third kappa shape index (κ3) is 1.81. The topological polar surface area (TPSA) is 23.5 Å².